The fraction of sp³-hybridized carbons (Fsp3) is 0.273. The molecule has 0 saturated heterocycles. The number of benzene rings is 3. The summed E-state index contributed by atoms with van der Waals surface area (Å²) < 4.78 is 1.42. The van der Waals surface area contributed by atoms with Crippen molar-refractivity contribution in [2.75, 3.05) is 0 Å². The van der Waals surface area contributed by atoms with Crippen LogP contribution in [0.5, 0.6) is 0 Å². The summed E-state index contributed by atoms with van der Waals surface area (Å²) in [6.07, 6.45) is 6.66. The third-order valence-corrected chi connectivity index (χ3v) is 9.66. The molecule has 3 aromatic heterocycles. The lowest BCUT2D eigenvalue weighted by Crippen LogP contribution is -2.05. The Labute approximate surface area is 230 Å². The van der Waals surface area contributed by atoms with Gasteiger partial charge in [0.2, 0.25) is 0 Å². The molecule has 0 unspecified atom stereocenters. The number of aliphatic imine (C=N–C) groups is 1. The molecule has 1 aliphatic carbocycles. The summed E-state index contributed by atoms with van der Waals surface area (Å²) in [5, 5.41) is 3.54. The topological polar surface area (TPSA) is 66.8 Å². The predicted octanol–water partition coefficient (Wildman–Crippen LogP) is 8.82. The molecule has 2 aliphatic rings. The number of aromatic nitrogens is 4. The molecule has 1 N–H and O–H groups in total. The standard InChI is InChI=1S/C33H29N5S/c1-16(2)26-15-23-20-7-6-19-14-27(39-32(19)22(20)9-10-25(23)36-26)18-5-8-21-24(13-18)28-30(35-12-11-34-28)31-29(21)37-33(38-31)17(3)4/h5-8,11-14,16-17H,9-10,15H2,1-4H3,(H,37,38). The van der Waals surface area contributed by atoms with Gasteiger partial charge in [-0.1, -0.05) is 52.0 Å². The molecule has 0 amide bonds. The summed E-state index contributed by atoms with van der Waals surface area (Å²) in [7, 11) is 0. The van der Waals surface area contributed by atoms with E-state index in [1.807, 2.05) is 11.3 Å². The third-order valence-electron chi connectivity index (χ3n) is 8.40. The molecule has 0 radical (unpaired) electrons. The van der Waals surface area contributed by atoms with Crippen LogP contribution in [-0.2, 0) is 6.42 Å². The highest BCUT2D eigenvalue weighted by atomic mass is 32.1. The Kier molecular flexibility index (Phi) is 4.90. The smallest absolute Gasteiger partial charge is 0.115 e. The molecule has 39 heavy (non-hydrogen) atoms. The molecular formula is C33H29N5S. The Hall–Kier alpha value is -3.90. The van der Waals surface area contributed by atoms with Gasteiger partial charge < -0.3 is 4.98 Å². The first-order chi connectivity index (χ1) is 19.0. The van der Waals surface area contributed by atoms with Crippen molar-refractivity contribution in [1.82, 2.24) is 19.9 Å². The van der Waals surface area contributed by atoms with E-state index >= 15 is 0 Å². The van der Waals surface area contributed by atoms with E-state index in [2.05, 4.69) is 69.1 Å². The second-order valence-electron chi connectivity index (χ2n) is 11.5. The minimum absolute atomic E-state index is 0.308. The minimum Gasteiger partial charge on any atom is -0.340 e. The molecule has 5 nitrogen and oxygen atoms in total. The highest BCUT2D eigenvalue weighted by molar-refractivity contribution is 7.22. The van der Waals surface area contributed by atoms with Gasteiger partial charge in [0.25, 0.3) is 0 Å². The number of imidazole rings is 1. The Morgan fingerprint density at radius 1 is 0.846 bits per heavy atom. The Bertz CT molecular complexity index is 2050. The average molecular weight is 528 g/mol. The van der Waals surface area contributed by atoms with Crippen LogP contribution in [-0.4, -0.2) is 25.6 Å². The second kappa shape index (κ2) is 8.30. The fourth-order valence-electron chi connectivity index (χ4n) is 6.28. The number of hydrogen-bond acceptors (Lipinski definition) is 5. The molecule has 6 aromatic rings. The predicted molar refractivity (Wildman–Crippen MR) is 164 cm³/mol. The van der Waals surface area contributed by atoms with Crippen LogP contribution in [0.4, 0.5) is 0 Å². The summed E-state index contributed by atoms with van der Waals surface area (Å²) in [5.74, 6) is 1.79. The molecule has 8 rings (SSSR count). The monoisotopic (exact) mass is 527 g/mol. The molecule has 0 bridgehead atoms. The van der Waals surface area contributed by atoms with Gasteiger partial charge in [-0.3, -0.25) is 15.0 Å². The largest absolute Gasteiger partial charge is 0.340 e. The molecule has 0 atom stereocenters. The van der Waals surface area contributed by atoms with Gasteiger partial charge in [-0.05, 0) is 58.5 Å². The third kappa shape index (κ3) is 3.37. The van der Waals surface area contributed by atoms with Gasteiger partial charge in [0.05, 0.1) is 16.6 Å². The molecule has 1 aliphatic heterocycles. The summed E-state index contributed by atoms with van der Waals surface area (Å²) in [6.45, 7) is 8.83. The zero-order chi connectivity index (χ0) is 26.4. The van der Waals surface area contributed by atoms with Crippen LogP contribution in [0.2, 0.25) is 0 Å². The van der Waals surface area contributed by atoms with Crippen LogP contribution < -0.4 is 0 Å². The van der Waals surface area contributed by atoms with Crippen molar-refractivity contribution in [2.45, 2.75) is 52.9 Å². The highest BCUT2D eigenvalue weighted by Gasteiger charge is 2.28. The van der Waals surface area contributed by atoms with Crippen LogP contribution in [0, 0.1) is 5.92 Å². The van der Waals surface area contributed by atoms with Crippen LogP contribution in [0.3, 0.4) is 0 Å². The Morgan fingerprint density at radius 2 is 1.69 bits per heavy atom. The highest BCUT2D eigenvalue weighted by Crippen LogP contribution is 2.45. The molecule has 4 heterocycles. The van der Waals surface area contributed by atoms with E-state index in [9.17, 15) is 0 Å². The number of thiophene rings is 1. The normalized spacial score (nSPS) is 15.4. The molecule has 0 saturated carbocycles. The van der Waals surface area contributed by atoms with Crippen molar-refractivity contribution in [1.29, 1.82) is 0 Å². The maximum atomic E-state index is 5.01. The number of H-pyrrole nitrogens is 1. The van der Waals surface area contributed by atoms with Gasteiger partial charge in [0, 0.05) is 56.5 Å². The van der Waals surface area contributed by atoms with E-state index in [1.165, 1.54) is 48.6 Å². The number of rotatable bonds is 3. The second-order valence-corrected chi connectivity index (χ2v) is 12.5. The molecular weight excluding hydrogens is 498 g/mol. The van der Waals surface area contributed by atoms with Gasteiger partial charge in [-0.15, -0.1) is 11.3 Å². The SMILES string of the molecule is CC(C)C1=NC2=C(C1)c1ccc3cc(-c4ccc5c(c4)c4nccnc4c4[nH]c(C(C)C)nc54)sc3c1CC2. The van der Waals surface area contributed by atoms with Crippen LogP contribution in [0.25, 0.3) is 58.9 Å². The van der Waals surface area contributed by atoms with E-state index in [0.29, 0.717) is 11.8 Å². The van der Waals surface area contributed by atoms with Gasteiger partial charge in [-0.2, -0.15) is 0 Å². The summed E-state index contributed by atoms with van der Waals surface area (Å²) >= 11 is 1.91. The first kappa shape index (κ1) is 23.0. The van der Waals surface area contributed by atoms with Crippen molar-refractivity contribution in [2.24, 2.45) is 10.9 Å². The number of aryl methyl sites for hydroxylation is 1. The summed E-state index contributed by atoms with van der Waals surface area (Å²) in [4.78, 5) is 24.3. The average Bonchev–Trinajstić information content (AvgIpc) is 3.69. The maximum Gasteiger partial charge on any atom is 0.115 e. The number of fused-ring (bicyclic) bond motifs is 10. The number of aromatic amines is 1. The molecule has 0 fully saturated rings. The zero-order valence-electron chi connectivity index (χ0n) is 22.6. The molecule has 0 spiro atoms. The van der Waals surface area contributed by atoms with Gasteiger partial charge >= 0.3 is 0 Å². The minimum atomic E-state index is 0.308. The maximum absolute atomic E-state index is 5.01. The Morgan fingerprint density at radius 3 is 2.51 bits per heavy atom. The summed E-state index contributed by atoms with van der Waals surface area (Å²) in [6, 6.07) is 13.7. The van der Waals surface area contributed by atoms with Crippen molar-refractivity contribution < 1.29 is 0 Å². The van der Waals surface area contributed by atoms with Crippen molar-refractivity contribution in [3.8, 4) is 10.4 Å². The molecule has 3 aromatic carbocycles. The van der Waals surface area contributed by atoms with E-state index in [1.54, 1.807) is 12.4 Å². The van der Waals surface area contributed by atoms with E-state index in [0.717, 1.165) is 57.9 Å². The van der Waals surface area contributed by atoms with Crippen LogP contribution >= 0.6 is 11.3 Å². The number of allylic oxidation sites excluding steroid dienone is 2. The van der Waals surface area contributed by atoms with Crippen molar-refractivity contribution in [3.05, 3.63) is 71.4 Å². The number of nitrogens with one attached hydrogen (secondary N) is 1. The van der Waals surface area contributed by atoms with Gasteiger partial charge in [0.1, 0.15) is 11.3 Å². The quantitative estimate of drug-likeness (QED) is 0.234. The first-order valence-corrected chi connectivity index (χ1v) is 14.7. The number of nitrogens with zero attached hydrogens (tertiary/aromatic N) is 4. The summed E-state index contributed by atoms with van der Waals surface area (Å²) in [5.41, 5.74) is 12.0. The molecule has 192 valence electrons. The van der Waals surface area contributed by atoms with Gasteiger partial charge in [0.15, 0.2) is 0 Å². The lowest BCUT2D eigenvalue weighted by Gasteiger charge is -2.18. The molecule has 6 heteroatoms. The number of hydrogen-bond donors (Lipinski definition) is 1. The lowest BCUT2D eigenvalue weighted by atomic mass is 9.86. The van der Waals surface area contributed by atoms with E-state index in [-0.39, 0.29) is 0 Å². The van der Waals surface area contributed by atoms with Crippen LogP contribution in [0.15, 0.2) is 59.5 Å². The van der Waals surface area contributed by atoms with Crippen molar-refractivity contribution in [3.63, 3.8) is 0 Å². The Balaban J connectivity index is 1.29. The van der Waals surface area contributed by atoms with Crippen LogP contribution in [0.1, 0.15) is 63.4 Å². The van der Waals surface area contributed by atoms with Crippen molar-refractivity contribution >= 4 is 65.5 Å². The van der Waals surface area contributed by atoms with Gasteiger partial charge in [-0.25, -0.2) is 4.98 Å². The van der Waals surface area contributed by atoms with E-state index in [4.69, 9.17) is 19.9 Å². The zero-order valence-corrected chi connectivity index (χ0v) is 23.4. The first-order valence-electron chi connectivity index (χ1n) is 13.9. The van der Waals surface area contributed by atoms with E-state index < -0.39 is 0 Å². The fourth-order valence-corrected chi connectivity index (χ4v) is 7.51. The lowest BCUT2D eigenvalue weighted by molar-refractivity contribution is 0.799.